The summed E-state index contributed by atoms with van der Waals surface area (Å²) < 4.78 is 5.27. The molecule has 7 heteroatoms. The molecule has 0 saturated carbocycles. The maximum atomic E-state index is 5.62. The van der Waals surface area contributed by atoms with Gasteiger partial charge in [-0.15, -0.1) is 0 Å². The fourth-order valence-electron chi connectivity index (χ4n) is 4.09. The molecule has 0 aliphatic carbocycles. The number of aliphatic imine (C=N–C) groups is 1. The second-order valence-corrected chi connectivity index (χ2v) is 8.82. The van der Waals surface area contributed by atoms with Gasteiger partial charge in [-0.3, -0.25) is 9.89 Å². The largest absolute Gasteiger partial charge is 0.486 e. The number of fused-ring (bicyclic) bond motifs is 1. The van der Waals surface area contributed by atoms with Crippen LogP contribution in [0.5, 0.6) is 5.75 Å². The first kappa shape index (κ1) is 21.0. The Hall–Kier alpha value is -2.67. The quantitative estimate of drug-likeness (QED) is 0.800. The van der Waals surface area contributed by atoms with Crippen molar-refractivity contribution >= 4 is 23.7 Å². The van der Waals surface area contributed by atoms with Gasteiger partial charge in [0.05, 0.1) is 0 Å². The van der Waals surface area contributed by atoms with Crippen LogP contribution in [0.1, 0.15) is 40.5 Å². The fourth-order valence-corrected chi connectivity index (χ4v) is 4.09. The average Bonchev–Trinajstić information content (AvgIpc) is 2.66. The summed E-state index contributed by atoms with van der Waals surface area (Å²) in [6.07, 6.45) is 5.62. The number of nitrogens with one attached hydrogen (secondary N) is 1. The van der Waals surface area contributed by atoms with E-state index < -0.39 is 0 Å². The molecule has 2 aromatic rings. The maximum Gasteiger partial charge on any atom is 0.221 e. The molecule has 2 aliphatic heterocycles. The molecular weight excluding hydrogens is 364 g/mol. The van der Waals surface area contributed by atoms with Crippen molar-refractivity contribution in [2.24, 2.45) is 4.99 Å². The van der Waals surface area contributed by atoms with E-state index in [0.717, 1.165) is 30.1 Å². The molecule has 0 bridgehead atoms. The Morgan fingerprint density at radius 1 is 1.10 bits per heavy atom. The van der Waals surface area contributed by atoms with E-state index in [9.17, 15) is 0 Å². The minimum Gasteiger partial charge on any atom is -0.486 e. The van der Waals surface area contributed by atoms with Gasteiger partial charge in [0.1, 0.15) is 23.9 Å². The lowest BCUT2D eigenvalue weighted by Gasteiger charge is -2.53. The molecular formula is C22H32N6O. The fraction of sp³-hybridized carbons (Fsp3) is 0.500. The van der Waals surface area contributed by atoms with E-state index in [1.54, 1.807) is 12.4 Å². The number of benzene rings is 1. The van der Waals surface area contributed by atoms with E-state index in [-0.39, 0.29) is 11.1 Å². The van der Waals surface area contributed by atoms with Crippen LogP contribution >= 0.6 is 0 Å². The van der Waals surface area contributed by atoms with Gasteiger partial charge in [0.2, 0.25) is 5.95 Å². The van der Waals surface area contributed by atoms with E-state index >= 15 is 0 Å². The highest BCUT2D eigenvalue weighted by Crippen LogP contribution is 2.37. The highest BCUT2D eigenvalue weighted by atomic mass is 16.5. The third-order valence-electron chi connectivity index (χ3n) is 5.74. The molecule has 4 rings (SSSR count). The Morgan fingerprint density at radius 2 is 1.79 bits per heavy atom. The number of piperidine rings is 1. The minimum atomic E-state index is 0.165. The number of para-hydroxylation sites is 2. The van der Waals surface area contributed by atoms with Crippen molar-refractivity contribution < 1.29 is 4.74 Å². The van der Waals surface area contributed by atoms with Crippen LogP contribution in [0.3, 0.4) is 0 Å². The van der Waals surface area contributed by atoms with Crippen LogP contribution in [-0.2, 0) is 0 Å². The molecule has 3 N–H and O–H groups in total. The first-order valence-corrected chi connectivity index (χ1v) is 10.0. The Labute approximate surface area is 173 Å². The van der Waals surface area contributed by atoms with Gasteiger partial charge >= 0.3 is 0 Å². The van der Waals surface area contributed by atoms with Crippen LogP contribution in [0.25, 0.3) is 0 Å². The lowest BCUT2D eigenvalue weighted by atomic mass is 9.77. The van der Waals surface area contributed by atoms with Crippen molar-refractivity contribution in [3.8, 4) is 5.75 Å². The van der Waals surface area contributed by atoms with Crippen LogP contribution in [0.2, 0.25) is 0 Å². The summed E-state index contributed by atoms with van der Waals surface area (Å²) in [7, 11) is 2.21. The third-order valence-corrected chi connectivity index (χ3v) is 5.74. The maximum absolute atomic E-state index is 5.62. The normalized spacial score (nSPS) is 20.0. The molecule has 2 aliphatic rings. The van der Waals surface area contributed by atoms with Crippen LogP contribution < -0.4 is 15.8 Å². The highest BCUT2D eigenvalue weighted by Gasteiger charge is 2.43. The third kappa shape index (κ3) is 5.23. The predicted molar refractivity (Wildman–Crippen MR) is 119 cm³/mol. The van der Waals surface area contributed by atoms with Gasteiger partial charge in [0.15, 0.2) is 0 Å². The number of hydrogen-bond acceptors (Lipinski definition) is 7. The van der Waals surface area contributed by atoms with Crippen LogP contribution in [-0.4, -0.2) is 51.9 Å². The zero-order chi connectivity index (χ0) is 21.1. The number of nitrogens with two attached hydrogens (primary N) is 1. The second-order valence-electron chi connectivity index (χ2n) is 8.82. The summed E-state index contributed by atoms with van der Waals surface area (Å²) in [4.78, 5) is 14.8. The molecule has 0 atom stereocenters. The minimum absolute atomic E-state index is 0.165. The summed E-state index contributed by atoms with van der Waals surface area (Å²) in [5, 5.41) is 3.50. The molecule has 1 fully saturated rings. The second kappa shape index (κ2) is 8.37. The predicted octanol–water partition coefficient (Wildman–Crippen LogP) is 3.90. The standard InChI is InChI=1S/C14H25N5.C8H7NO/c1-13(2)8-10(9-14(3,4)19(13)5)17-11-6-7-16-12(15)18-11;1-2-4-8-7(3-1)9-5-6-10-8/h6-7,10H,8-9H2,1-5H3,(H3,15,16,17,18);1-5H,6H2. The van der Waals surface area contributed by atoms with Crippen molar-refractivity contribution in [3.63, 3.8) is 0 Å². The number of hydrogen-bond donors (Lipinski definition) is 2. The molecule has 1 saturated heterocycles. The van der Waals surface area contributed by atoms with E-state index in [2.05, 4.69) is 59.9 Å². The summed E-state index contributed by atoms with van der Waals surface area (Å²) in [5.41, 5.74) is 6.88. The molecule has 3 heterocycles. The molecule has 0 radical (unpaired) electrons. The van der Waals surface area contributed by atoms with Crippen molar-refractivity contribution in [1.29, 1.82) is 0 Å². The number of anilines is 2. The summed E-state index contributed by atoms with van der Waals surface area (Å²) in [6, 6.07) is 10.0. The number of aromatic nitrogens is 2. The molecule has 1 aromatic heterocycles. The smallest absolute Gasteiger partial charge is 0.221 e. The van der Waals surface area contributed by atoms with Crippen molar-refractivity contribution in [3.05, 3.63) is 36.5 Å². The Balaban J connectivity index is 0.000000200. The van der Waals surface area contributed by atoms with Gasteiger partial charge in [-0.2, -0.15) is 4.98 Å². The monoisotopic (exact) mass is 396 g/mol. The first-order valence-electron chi connectivity index (χ1n) is 10.0. The van der Waals surface area contributed by atoms with E-state index in [0.29, 0.717) is 18.6 Å². The number of ether oxygens (including phenoxy) is 1. The topological polar surface area (TPSA) is 88.7 Å². The Kier molecular flexibility index (Phi) is 6.07. The summed E-state index contributed by atoms with van der Waals surface area (Å²) >= 11 is 0. The molecule has 0 unspecified atom stereocenters. The summed E-state index contributed by atoms with van der Waals surface area (Å²) in [6.45, 7) is 9.75. The molecule has 1 aromatic carbocycles. The molecule has 0 amide bonds. The number of nitrogens with zero attached hydrogens (tertiary/aromatic N) is 4. The van der Waals surface area contributed by atoms with E-state index in [1.807, 2.05) is 30.3 Å². The SMILES string of the molecule is C1=Nc2ccccc2OC1.CN1C(C)(C)CC(Nc2ccnc(N)n2)CC1(C)C. The highest BCUT2D eigenvalue weighted by molar-refractivity contribution is 5.70. The van der Waals surface area contributed by atoms with Crippen LogP contribution in [0, 0.1) is 0 Å². The van der Waals surface area contributed by atoms with Gasteiger partial charge in [0, 0.05) is 29.5 Å². The Bertz CT molecular complexity index is 846. The zero-order valence-corrected chi connectivity index (χ0v) is 18.0. The first-order chi connectivity index (χ1) is 13.7. The zero-order valence-electron chi connectivity index (χ0n) is 18.0. The molecule has 156 valence electrons. The number of likely N-dealkylation sites (tertiary alicyclic amines) is 1. The molecule has 0 spiro atoms. The van der Waals surface area contributed by atoms with Crippen molar-refractivity contribution in [2.75, 3.05) is 24.7 Å². The van der Waals surface area contributed by atoms with Gasteiger partial charge in [-0.1, -0.05) is 12.1 Å². The van der Waals surface area contributed by atoms with Gasteiger partial charge < -0.3 is 15.8 Å². The average molecular weight is 397 g/mol. The lowest BCUT2D eigenvalue weighted by Crippen LogP contribution is -2.61. The van der Waals surface area contributed by atoms with Crippen LogP contribution in [0.15, 0.2) is 41.5 Å². The molecule has 29 heavy (non-hydrogen) atoms. The summed E-state index contributed by atoms with van der Waals surface area (Å²) in [5.74, 6) is 2.01. The van der Waals surface area contributed by atoms with Crippen molar-refractivity contribution in [2.45, 2.75) is 57.7 Å². The van der Waals surface area contributed by atoms with Gasteiger partial charge in [-0.05, 0) is 65.8 Å². The van der Waals surface area contributed by atoms with Crippen LogP contribution in [0.4, 0.5) is 17.5 Å². The van der Waals surface area contributed by atoms with Gasteiger partial charge in [0.25, 0.3) is 0 Å². The van der Waals surface area contributed by atoms with Gasteiger partial charge in [-0.25, -0.2) is 4.98 Å². The van der Waals surface area contributed by atoms with Crippen molar-refractivity contribution in [1.82, 2.24) is 14.9 Å². The number of rotatable bonds is 2. The lowest BCUT2D eigenvalue weighted by molar-refractivity contribution is -0.00772. The molecule has 7 nitrogen and oxygen atoms in total. The number of nitrogen functional groups attached to an aromatic ring is 1. The van der Waals surface area contributed by atoms with E-state index in [4.69, 9.17) is 10.5 Å². The van der Waals surface area contributed by atoms with E-state index in [1.165, 1.54) is 0 Å². The Morgan fingerprint density at radius 3 is 2.45 bits per heavy atom.